The Morgan fingerprint density at radius 2 is 1.57 bits per heavy atom. The number of carbonyl (C=O) groups is 2. The molecule has 0 aliphatic carbocycles. The molecule has 164 valence electrons. The Labute approximate surface area is 187 Å². The summed E-state index contributed by atoms with van der Waals surface area (Å²) in [6.07, 6.45) is 1.54. The minimum Gasteiger partial charge on any atom is -0.504 e. The minimum absolute atomic E-state index is 0.0792. The van der Waals surface area contributed by atoms with Gasteiger partial charge in [0.15, 0.2) is 11.5 Å². The number of carbonyl (C=O) groups excluding carboxylic acids is 2. The lowest BCUT2D eigenvalue weighted by Crippen LogP contribution is -2.41. The fourth-order valence-corrected chi connectivity index (χ4v) is 4.04. The van der Waals surface area contributed by atoms with Crippen LogP contribution in [0.3, 0.4) is 0 Å². The van der Waals surface area contributed by atoms with Gasteiger partial charge in [0.05, 0.1) is 23.9 Å². The lowest BCUT2D eigenvalue weighted by atomic mass is 9.75. The maximum absolute atomic E-state index is 12.6. The highest BCUT2D eigenvalue weighted by molar-refractivity contribution is 8.16. The van der Waals surface area contributed by atoms with Gasteiger partial charge < -0.3 is 19.2 Å². The molecule has 0 amide bonds. The van der Waals surface area contributed by atoms with Crippen LogP contribution in [-0.2, 0) is 18.9 Å². The molecule has 0 bridgehead atoms. The van der Waals surface area contributed by atoms with Gasteiger partial charge in [-0.15, -0.1) is 0 Å². The number of hydrogen-bond acceptors (Lipinski definition) is 8. The van der Waals surface area contributed by atoms with Crippen LogP contribution in [0.25, 0.3) is 6.08 Å². The van der Waals surface area contributed by atoms with Gasteiger partial charge in [0.2, 0.25) is 10.2 Å². The minimum atomic E-state index is -0.776. The third-order valence-electron chi connectivity index (χ3n) is 5.18. The predicted molar refractivity (Wildman–Crippen MR) is 125 cm³/mol. The second-order valence-corrected chi connectivity index (χ2v) is 10.2. The van der Waals surface area contributed by atoms with E-state index in [0.29, 0.717) is 22.5 Å². The first kappa shape index (κ1) is 24.9. The van der Waals surface area contributed by atoms with Gasteiger partial charge in [-0.1, -0.05) is 37.4 Å². The maximum atomic E-state index is 12.6. The number of hydrogen-bond donors (Lipinski definition) is 1. The summed E-state index contributed by atoms with van der Waals surface area (Å²) < 4.78 is 17.5. The van der Waals surface area contributed by atoms with Crippen LogP contribution in [0, 0.1) is 0 Å². The second-order valence-electron chi connectivity index (χ2n) is 7.74. The summed E-state index contributed by atoms with van der Waals surface area (Å²) in [6, 6.07) is 3.09. The first-order valence-corrected chi connectivity index (χ1v) is 11.8. The van der Waals surface area contributed by atoms with Crippen molar-refractivity contribution >= 4 is 52.4 Å². The molecular formula is C21H29BO6S2. The molecule has 1 N–H and O–H groups in total. The van der Waals surface area contributed by atoms with E-state index in [-0.39, 0.29) is 27.3 Å². The van der Waals surface area contributed by atoms with Gasteiger partial charge in [0.1, 0.15) is 0 Å². The highest BCUT2D eigenvalue weighted by Gasteiger charge is 2.52. The van der Waals surface area contributed by atoms with E-state index in [9.17, 15) is 14.7 Å². The van der Waals surface area contributed by atoms with E-state index in [2.05, 4.69) is 0 Å². The van der Waals surface area contributed by atoms with E-state index in [1.807, 2.05) is 41.5 Å². The summed E-state index contributed by atoms with van der Waals surface area (Å²) in [7, 11) is 0.663. The Morgan fingerprint density at radius 3 is 2.00 bits per heavy atom. The quantitative estimate of drug-likeness (QED) is 0.291. The Hall–Kier alpha value is -1.42. The fourth-order valence-electron chi connectivity index (χ4n) is 2.84. The molecular weight excluding hydrogens is 423 g/mol. The van der Waals surface area contributed by atoms with E-state index in [4.69, 9.17) is 14.0 Å². The summed E-state index contributed by atoms with van der Waals surface area (Å²) in [5.74, 6) is 1.27. The molecule has 0 unspecified atom stereocenters. The van der Waals surface area contributed by atoms with Crippen LogP contribution in [0.5, 0.6) is 11.5 Å². The van der Waals surface area contributed by atoms with Crippen molar-refractivity contribution in [2.45, 2.75) is 52.7 Å². The number of methoxy groups -OCH3 is 1. The van der Waals surface area contributed by atoms with E-state index in [1.165, 1.54) is 13.2 Å². The summed E-state index contributed by atoms with van der Waals surface area (Å²) in [5.41, 5.74) is -0.0436. The smallest absolute Gasteiger partial charge is 0.495 e. The molecule has 1 aromatic rings. The number of thioether (sulfide) groups is 2. The molecule has 1 saturated heterocycles. The Kier molecular flexibility index (Phi) is 8.12. The molecule has 30 heavy (non-hydrogen) atoms. The van der Waals surface area contributed by atoms with Crippen LogP contribution < -0.4 is 10.2 Å². The Morgan fingerprint density at radius 1 is 1.07 bits per heavy atom. The van der Waals surface area contributed by atoms with Crippen LogP contribution >= 0.6 is 23.5 Å². The van der Waals surface area contributed by atoms with Gasteiger partial charge in [-0.2, -0.15) is 0 Å². The molecule has 0 saturated carbocycles. The number of rotatable bonds is 7. The van der Waals surface area contributed by atoms with Gasteiger partial charge >= 0.3 is 7.12 Å². The van der Waals surface area contributed by atoms with Crippen LogP contribution in [0.2, 0.25) is 0 Å². The monoisotopic (exact) mass is 452 g/mol. The highest BCUT2D eigenvalue weighted by atomic mass is 32.2. The largest absolute Gasteiger partial charge is 0.504 e. The van der Waals surface area contributed by atoms with Crippen LogP contribution in [0.15, 0.2) is 17.7 Å². The van der Waals surface area contributed by atoms with Gasteiger partial charge in [0.25, 0.3) is 0 Å². The number of aromatic hydroxyl groups is 1. The molecule has 0 radical (unpaired) electrons. The van der Waals surface area contributed by atoms with Gasteiger partial charge in [0, 0.05) is 0 Å². The molecule has 6 nitrogen and oxygen atoms in total. The maximum Gasteiger partial charge on any atom is 0.495 e. The third-order valence-corrected chi connectivity index (χ3v) is 6.72. The average molecular weight is 452 g/mol. The van der Waals surface area contributed by atoms with Crippen molar-refractivity contribution in [2.24, 2.45) is 0 Å². The molecule has 0 spiro atoms. The second kappa shape index (κ2) is 9.81. The number of benzene rings is 1. The topological polar surface area (TPSA) is 82.1 Å². The number of phenolic OH excluding ortho intramolecular Hbond substituents is 1. The molecule has 1 fully saturated rings. The Balaban J connectivity index is 2.63. The summed E-state index contributed by atoms with van der Waals surface area (Å²) in [5, 5.41) is 9.77. The molecule has 9 heteroatoms. The van der Waals surface area contributed by atoms with Crippen LogP contribution in [0.4, 0.5) is 0 Å². The van der Waals surface area contributed by atoms with Gasteiger partial charge in [-0.25, -0.2) is 0 Å². The summed E-state index contributed by atoms with van der Waals surface area (Å²) >= 11 is 2.16. The highest BCUT2D eigenvalue weighted by Crippen LogP contribution is 2.38. The van der Waals surface area contributed by atoms with Crippen molar-refractivity contribution < 1.29 is 28.7 Å². The zero-order valence-corrected chi connectivity index (χ0v) is 20.2. The molecule has 1 aromatic carbocycles. The van der Waals surface area contributed by atoms with Gasteiger partial charge in [-0.05, 0) is 68.4 Å². The zero-order chi connectivity index (χ0) is 22.7. The lowest BCUT2D eigenvalue weighted by Gasteiger charge is -2.32. The molecule has 1 aliphatic heterocycles. The molecule has 1 heterocycles. The first-order chi connectivity index (χ1) is 14.0. The van der Waals surface area contributed by atoms with Crippen molar-refractivity contribution in [1.82, 2.24) is 0 Å². The van der Waals surface area contributed by atoms with Gasteiger partial charge in [-0.3, -0.25) is 9.59 Å². The number of ether oxygens (including phenoxy) is 1. The predicted octanol–water partition coefficient (Wildman–Crippen LogP) is 3.64. The number of phenols is 1. The lowest BCUT2D eigenvalue weighted by molar-refractivity contribution is -0.112. The SMILES string of the molecule is CCSC(=O)C(=Cc1cc(OC)c(O)cc1B1OC(C)(C)C(C)(C)O1)C(=O)SCC. The fraction of sp³-hybridized carbons (Fsp3) is 0.524. The van der Waals surface area contributed by atoms with E-state index < -0.39 is 18.3 Å². The molecule has 0 aromatic heterocycles. The average Bonchev–Trinajstić information content (AvgIpc) is 2.87. The molecule has 0 atom stereocenters. The van der Waals surface area contributed by atoms with E-state index >= 15 is 0 Å². The Bertz CT molecular complexity index is 814. The summed E-state index contributed by atoms with van der Waals surface area (Å²) in [6.45, 7) is 11.4. The molecule has 2 rings (SSSR count). The summed E-state index contributed by atoms with van der Waals surface area (Å²) in [4.78, 5) is 25.3. The molecule has 1 aliphatic rings. The van der Waals surface area contributed by atoms with Crippen LogP contribution in [0.1, 0.15) is 47.1 Å². The zero-order valence-electron chi connectivity index (χ0n) is 18.5. The van der Waals surface area contributed by atoms with Crippen molar-refractivity contribution in [1.29, 1.82) is 0 Å². The van der Waals surface area contributed by atoms with Crippen LogP contribution in [-0.4, -0.2) is 52.3 Å². The van der Waals surface area contributed by atoms with Crippen molar-refractivity contribution in [3.63, 3.8) is 0 Å². The normalized spacial score (nSPS) is 17.0. The van der Waals surface area contributed by atoms with Crippen molar-refractivity contribution in [3.8, 4) is 11.5 Å². The van der Waals surface area contributed by atoms with Crippen molar-refractivity contribution in [3.05, 3.63) is 23.3 Å². The first-order valence-electron chi connectivity index (χ1n) is 9.79. The van der Waals surface area contributed by atoms with Crippen molar-refractivity contribution in [2.75, 3.05) is 18.6 Å². The third kappa shape index (κ3) is 5.25. The standard InChI is InChI=1S/C21H29BO6S2/c1-8-29-18(24)14(19(25)30-9-2)10-13-11-17(26-7)16(23)12-15(13)22-27-20(3,4)21(5,6)28-22/h10-12,23H,8-9H2,1-7H3. The van der Waals surface area contributed by atoms with E-state index in [0.717, 1.165) is 23.5 Å². The van der Waals surface area contributed by atoms with E-state index in [1.54, 1.807) is 12.1 Å².